The number of nitro benzene ring substituents is 1. The summed E-state index contributed by atoms with van der Waals surface area (Å²) in [4.78, 5) is 34.1. The first-order chi connectivity index (χ1) is 9.88. The van der Waals surface area contributed by atoms with E-state index < -0.39 is 16.8 Å². The second-order valence-corrected chi connectivity index (χ2v) is 5.04. The van der Waals surface area contributed by atoms with Crippen molar-refractivity contribution in [2.45, 2.75) is 12.8 Å². The third kappa shape index (κ3) is 3.68. The predicted octanol–water partition coefficient (Wildman–Crippen LogP) is 0.995. The summed E-state index contributed by atoms with van der Waals surface area (Å²) >= 11 is 0. The standard InChI is InChI=1S/C13H15N3O5/c14-13(19)9-3-4-10(16(20)21)11(5-9)15(7-12(17)18)6-8-1-2-8/h3-5,8H,1-2,6-7H2,(H2,14,19)(H,17,18). The summed E-state index contributed by atoms with van der Waals surface area (Å²) < 4.78 is 0. The van der Waals surface area contributed by atoms with E-state index in [0.29, 0.717) is 12.5 Å². The molecule has 0 unspecified atom stereocenters. The highest BCUT2D eigenvalue weighted by molar-refractivity contribution is 5.95. The number of nitro groups is 1. The summed E-state index contributed by atoms with van der Waals surface area (Å²) in [7, 11) is 0. The Kier molecular flexibility index (Phi) is 4.06. The molecule has 0 aromatic heterocycles. The average molecular weight is 293 g/mol. The smallest absolute Gasteiger partial charge is 0.323 e. The normalized spacial score (nSPS) is 13.7. The van der Waals surface area contributed by atoms with Gasteiger partial charge in [-0.25, -0.2) is 0 Å². The zero-order chi connectivity index (χ0) is 15.6. The van der Waals surface area contributed by atoms with Gasteiger partial charge in [0, 0.05) is 18.2 Å². The molecule has 0 atom stereocenters. The zero-order valence-corrected chi connectivity index (χ0v) is 11.2. The Morgan fingerprint density at radius 3 is 2.57 bits per heavy atom. The van der Waals surface area contributed by atoms with E-state index in [2.05, 4.69) is 0 Å². The predicted molar refractivity (Wildman–Crippen MR) is 74.2 cm³/mol. The Bertz CT molecular complexity index is 597. The van der Waals surface area contributed by atoms with Gasteiger partial charge in [-0.15, -0.1) is 0 Å². The van der Waals surface area contributed by atoms with E-state index in [1.165, 1.54) is 23.1 Å². The lowest BCUT2D eigenvalue weighted by atomic mass is 10.1. The van der Waals surface area contributed by atoms with E-state index in [9.17, 15) is 19.7 Å². The molecule has 112 valence electrons. The molecular formula is C13H15N3O5. The number of carbonyl (C=O) groups excluding carboxylic acids is 1. The molecule has 1 aromatic rings. The zero-order valence-electron chi connectivity index (χ0n) is 11.2. The Morgan fingerprint density at radius 2 is 2.10 bits per heavy atom. The number of hydrogen-bond acceptors (Lipinski definition) is 5. The van der Waals surface area contributed by atoms with Gasteiger partial charge in [0.1, 0.15) is 12.2 Å². The molecule has 1 amide bonds. The number of hydrogen-bond donors (Lipinski definition) is 2. The van der Waals surface area contributed by atoms with Crippen molar-refractivity contribution in [3.05, 3.63) is 33.9 Å². The third-order valence-corrected chi connectivity index (χ3v) is 3.30. The number of carboxylic acids is 1. The quantitative estimate of drug-likeness (QED) is 0.570. The van der Waals surface area contributed by atoms with Crippen molar-refractivity contribution in [1.82, 2.24) is 0 Å². The van der Waals surface area contributed by atoms with Crippen LogP contribution in [0.4, 0.5) is 11.4 Å². The van der Waals surface area contributed by atoms with Crippen LogP contribution < -0.4 is 10.6 Å². The van der Waals surface area contributed by atoms with Gasteiger partial charge in [-0.05, 0) is 30.9 Å². The average Bonchev–Trinajstić information content (AvgIpc) is 3.20. The second-order valence-electron chi connectivity index (χ2n) is 5.04. The molecule has 1 aliphatic rings. The molecule has 0 heterocycles. The van der Waals surface area contributed by atoms with Crippen molar-refractivity contribution in [2.75, 3.05) is 18.0 Å². The van der Waals surface area contributed by atoms with Crippen LogP contribution in [0.5, 0.6) is 0 Å². The lowest BCUT2D eigenvalue weighted by Gasteiger charge is -2.22. The van der Waals surface area contributed by atoms with Crippen LogP contribution in [0.3, 0.4) is 0 Å². The number of rotatable bonds is 7. The monoisotopic (exact) mass is 293 g/mol. The van der Waals surface area contributed by atoms with Crippen molar-refractivity contribution in [3.63, 3.8) is 0 Å². The molecule has 1 aromatic carbocycles. The lowest BCUT2D eigenvalue weighted by Crippen LogP contribution is -2.32. The van der Waals surface area contributed by atoms with Crippen LogP contribution in [0, 0.1) is 16.0 Å². The van der Waals surface area contributed by atoms with Crippen molar-refractivity contribution < 1.29 is 19.6 Å². The summed E-state index contributed by atoms with van der Waals surface area (Å²) in [6, 6.07) is 3.73. The van der Waals surface area contributed by atoms with Crippen LogP contribution in [-0.2, 0) is 4.79 Å². The number of nitrogens with two attached hydrogens (primary N) is 1. The molecule has 0 spiro atoms. The summed E-state index contributed by atoms with van der Waals surface area (Å²) in [5, 5.41) is 20.1. The highest BCUT2D eigenvalue weighted by Gasteiger charge is 2.29. The highest BCUT2D eigenvalue weighted by Crippen LogP contribution is 2.35. The number of aliphatic carboxylic acids is 1. The van der Waals surface area contributed by atoms with E-state index in [1.54, 1.807) is 0 Å². The maximum atomic E-state index is 11.2. The van der Waals surface area contributed by atoms with Crippen molar-refractivity contribution >= 4 is 23.3 Å². The second kappa shape index (κ2) is 5.78. The minimum atomic E-state index is -1.09. The molecular weight excluding hydrogens is 278 g/mol. The van der Waals surface area contributed by atoms with Crippen molar-refractivity contribution in [2.24, 2.45) is 11.7 Å². The Hall–Kier alpha value is -2.64. The van der Waals surface area contributed by atoms with Gasteiger partial charge in [-0.1, -0.05) is 0 Å². The van der Waals surface area contributed by atoms with Crippen LogP contribution in [0.2, 0.25) is 0 Å². The van der Waals surface area contributed by atoms with Gasteiger partial charge in [0.15, 0.2) is 0 Å². The number of carboxylic acid groups (broad SMARTS) is 1. The topological polar surface area (TPSA) is 127 Å². The van der Waals surface area contributed by atoms with Crippen LogP contribution >= 0.6 is 0 Å². The fraction of sp³-hybridized carbons (Fsp3) is 0.385. The van der Waals surface area contributed by atoms with E-state index in [4.69, 9.17) is 10.8 Å². The van der Waals surface area contributed by atoms with E-state index >= 15 is 0 Å². The maximum absolute atomic E-state index is 11.2. The van der Waals surface area contributed by atoms with E-state index in [0.717, 1.165) is 12.8 Å². The van der Waals surface area contributed by atoms with Crippen LogP contribution in [-0.4, -0.2) is 35.0 Å². The molecule has 0 radical (unpaired) electrons. The summed E-state index contributed by atoms with van der Waals surface area (Å²) in [6.45, 7) is 0.0505. The number of anilines is 1. The molecule has 0 aliphatic heterocycles. The fourth-order valence-corrected chi connectivity index (χ4v) is 2.11. The number of amides is 1. The van der Waals surface area contributed by atoms with Crippen LogP contribution in [0.15, 0.2) is 18.2 Å². The van der Waals surface area contributed by atoms with Crippen molar-refractivity contribution in [1.29, 1.82) is 0 Å². The van der Waals surface area contributed by atoms with Gasteiger partial charge in [-0.3, -0.25) is 19.7 Å². The fourth-order valence-electron chi connectivity index (χ4n) is 2.11. The molecule has 8 heteroatoms. The Labute approximate surface area is 120 Å². The van der Waals surface area contributed by atoms with E-state index in [-0.39, 0.29) is 23.5 Å². The minimum absolute atomic E-state index is 0.113. The first kappa shape index (κ1) is 14.8. The van der Waals surface area contributed by atoms with Crippen LogP contribution in [0.1, 0.15) is 23.2 Å². The molecule has 1 aliphatic carbocycles. The highest BCUT2D eigenvalue weighted by atomic mass is 16.6. The molecule has 2 rings (SSSR count). The minimum Gasteiger partial charge on any atom is -0.480 e. The summed E-state index contributed by atoms with van der Waals surface area (Å²) in [5.74, 6) is -1.47. The first-order valence-corrected chi connectivity index (χ1v) is 6.43. The molecule has 3 N–H and O–H groups in total. The largest absolute Gasteiger partial charge is 0.480 e. The first-order valence-electron chi connectivity index (χ1n) is 6.43. The van der Waals surface area contributed by atoms with Crippen LogP contribution in [0.25, 0.3) is 0 Å². The molecule has 0 saturated heterocycles. The summed E-state index contributed by atoms with van der Waals surface area (Å²) in [5.41, 5.74) is 5.17. The molecule has 21 heavy (non-hydrogen) atoms. The van der Waals surface area contributed by atoms with Gasteiger partial charge in [0.2, 0.25) is 5.91 Å². The van der Waals surface area contributed by atoms with Gasteiger partial charge in [0.05, 0.1) is 4.92 Å². The number of nitrogens with zero attached hydrogens (tertiary/aromatic N) is 2. The SMILES string of the molecule is NC(=O)c1ccc([N+](=O)[O-])c(N(CC(=O)O)CC2CC2)c1. The Balaban J connectivity index is 2.43. The van der Waals surface area contributed by atoms with Gasteiger partial charge in [-0.2, -0.15) is 0 Å². The Morgan fingerprint density at radius 1 is 1.43 bits per heavy atom. The number of carbonyl (C=O) groups is 2. The van der Waals surface area contributed by atoms with Gasteiger partial charge >= 0.3 is 5.97 Å². The third-order valence-electron chi connectivity index (χ3n) is 3.30. The van der Waals surface area contributed by atoms with E-state index in [1.807, 2.05) is 0 Å². The van der Waals surface area contributed by atoms with Crippen molar-refractivity contribution in [3.8, 4) is 0 Å². The maximum Gasteiger partial charge on any atom is 0.323 e. The summed E-state index contributed by atoms with van der Waals surface area (Å²) in [6.07, 6.45) is 1.94. The molecule has 8 nitrogen and oxygen atoms in total. The molecule has 1 fully saturated rings. The number of benzene rings is 1. The number of primary amides is 1. The van der Waals surface area contributed by atoms with Gasteiger partial charge < -0.3 is 15.7 Å². The van der Waals surface area contributed by atoms with Gasteiger partial charge in [0.25, 0.3) is 5.69 Å². The molecule has 0 bridgehead atoms. The lowest BCUT2D eigenvalue weighted by molar-refractivity contribution is -0.384. The molecule has 1 saturated carbocycles.